The summed E-state index contributed by atoms with van der Waals surface area (Å²) in [4.78, 5) is 36.0. The minimum absolute atomic E-state index is 0.0268. The van der Waals surface area contributed by atoms with E-state index < -0.39 is 26.5 Å². The summed E-state index contributed by atoms with van der Waals surface area (Å²) in [5.41, 5.74) is 0. The lowest BCUT2D eigenvalue weighted by molar-refractivity contribution is -0.870. The SMILES string of the molecule is CC/C=C\C/C=C\C/C=C\C/C=C\C/C=C\C/C=C\C/C=C\C/C=C\CCCCCCCCCCCCCCC(=O)OC(COC(=O)CCCCCCCCCCCCCCCCCCCCCCC/C=C\C/C=C\C/C=C\C/C=C\C/C=C\CC)COP(=O)(O)OCC[N+](C)(C)C. The van der Waals surface area contributed by atoms with Crippen LogP contribution in [0.4, 0.5) is 0 Å². The molecule has 10 heteroatoms. The van der Waals surface area contributed by atoms with Crippen molar-refractivity contribution in [3.05, 3.63) is 158 Å². The Kier molecular flexibility index (Phi) is 73.4. The first kappa shape index (κ1) is 93.6. The van der Waals surface area contributed by atoms with Crippen molar-refractivity contribution >= 4 is 19.8 Å². The number of hydrogen-bond donors (Lipinski definition) is 1. The molecule has 560 valence electrons. The Morgan fingerprint density at radius 2 is 0.551 bits per heavy atom. The van der Waals surface area contributed by atoms with Crippen molar-refractivity contribution in [3.8, 4) is 0 Å². The van der Waals surface area contributed by atoms with Crippen LogP contribution in [-0.4, -0.2) is 74.9 Å². The summed E-state index contributed by atoms with van der Waals surface area (Å²) < 4.78 is 34.8. The lowest BCUT2D eigenvalue weighted by Crippen LogP contribution is -2.37. The molecule has 0 aromatic carbocycles. The number of carbonyl (C=O) groups excluding carboxylic acids is 2. The highest BCUT2D eigenvalue weighted by atomic mass is 31.2. The third-order valence-corrected chi connectivity index (χ3v) is 18.0. The summed E-state index contributed by atoms with van der Waals surface area (Å²) in [6.45, 7) is 4.23. The van der Waals surface area contributed by atoms with Crippen LogP contribution in [-0.2, 0) is 32.7 Å². The fourth-order valence-corrected chi connectivity index (χ4v) is 11.7. The van der Waals surface area contributed by atoms with E-state index in [1.807, 2.05) is 21.1 Å². The number of unbranched alkanes of at least 4 members (excludes halogenated alkanes) is 33. The van der Waals surface area contributed by atoms with Gasteiger partial charge in [-0.05, 0) is 122 Å². The highest BCUT2D eigenvalue weighted by Gasteiger charge is 2.27. The van der Waals surface area contributed by atoms with E-state index in [1.165, 1.54) is 180 Å². The van der Waals surface area contributed by atoms with Crippen molar-refractivity contribution in [3.63, 3.8) is 0 Å². The molecule has 0 amide bonds. The maximum absolute atomic E-state index is 12.9. The lowest BCUT2D eigenvalue weighted by Gasteiger charge is -2.24. The molecular weight excluding hydrogens is 1230 g/mol. The lowest BCUT2D eigenvalue weighted by atomic mass is 10.0. The largest absolute Gasteiger partial charge is 0.472 e. The number of likely N-dealkylation sites (N-methyl/N-ethyl adjacent to an activating group) is 1. The van der Waals surface area contributed by atoms with Crippen molar-refractivity contribution in [2.24, 2.45) is 0 Å². The van der Waals surface area contributed by atoms with Crippen LogP contribution >= 0.6 is 7.82 Å². The first-order valence-electron chi connectivity index (χ1n) is 40.2. The molecule has 0 aliphatic carbocycles. The number of nitrogens with zero attached hydrogens (tertiary/aromatic N) is 1. The van der Waals surface area contributed by atoms with E-state index in [1.54, 1.807) is 0 Å². The monoisotopic (exact) mass is 1380 g/mol. The van der Waals surface area contributed by atoms with Gasteiger partial charge in [0.15, 0.2) is 6.10 Å². The van der Waals surface area contributed by atoms with E-state index in [0.29, 0.717) is 17.4 Å². The Balaban J connectivity index is 3.99. The normalized spacial score (nSPS) is 13.9. The zero-order chi connectivity index (χ0) is 71.1. The van der Waals surface area contributed by atoms with Crippen molar-refractivity contribution in [1.82, 2.24) is 0 Å². The number of allylic oxidation sites excluding steroid dienone is 26. The Labute approximate surface area is 605 Å². The molecular formula is C88H151NO8P+. The molecule has 0 rings (SSSR count). The molecule has 0 saturated heterocycles. The molecule has 1 N–H and O–H groups in total. The average Bonchev–Trinajstić information content (AvgIpc) is 1.08. The number of rotatable bonds is 73. The molecule has 0 aromatic rings. The van der Waals surface area contributed by atoms with Crippen LogP contribution < -0.4 is 0 Å². The third-order valence-electron chi connectivity index (χ3n) is 17.1. The Morgan fingerprint density at radius 3 is 0.816 bits per heavy atom. The second-order valence-electron chi connectivity index (χ2n) is 27.7. The van der Waals surface area contributed by atoms with E-state index in [0.717, 1.165) is 122 Å². The summed E-state index contributed by atoms with van der Waals surface area (Å²) >= 11 is 0. The van der Waals surface area contributed by atoms with Gasteiger partial charge in [-0.1, -0.05) is 358 Å². The Hall–Kier alpha value is -4.37. The Morgan fingerprint density at radius 1 is 0.316 bits per heavy atom. The second kappa shape index (κ2) is 76.8. The number of phosphoric acid groups is 1. The predicted molar refractivity (Wildman–Crippen MR) is 426 cm³/mol. The molecule has 0 saturated carbocycles. The molecule has 2 atom stereocenters. The van der Waals surface area contributed by atoms with Gasteiger partial charge < -0.3 is 18.9 Å². The van der Waals surface area contributed by atoms with Crippen LogP contribution in [0.2, 0.25) is 0 Å². The highest BCUT2D eigenvalue weighted by Crippen LogP contribution is 2.43. The standard InChI is InChI=1S/C88H150NO8P/c1-6-8-10-12-14-16-18-20-22-24-26-28-30-32-34-36-38-40-42-44-46-48-50-52-54-56-58-60-62-64-66-68-70-72-74-76-78-80-87(90)94-84-86(85-96-98(92,93)95-83-82-89(3,4)5)97-88(91)81-79-77-75-73-71-69-67-65-63-61-59-57-55-53-51-49-47-45-43-41-39-37-35-33-31-29-27-25-23-21-19-17-15-13-11-9-7-2/h8-11,14-17,20-23,26-29,32-35,39,41,45,47,51,53,86H,6-7,12-13,18-19,24-25,30-31,36-38,40,42-44,46,48-50,52,54-85H2,1-5H3/p+1/b10-8-,11-9-,16-14-,17-15-,22-20-,23-21-,28-26-,29-27-,34-32-,35-33-,41-39-,47-45-,53-51-. The number of esters is 2. The first-order valence-corrected chi connectivity index (χ1v) is 41.7. The van der Waals surface area contributed by atoms with Gasteiger partial charge in [0.1, 0.15) is 19.8 Å². The first-order chi connectivity index (χ1) is 48.0. The summed E-state index contributed by atoms with van der Waals surface area (Å²) in [7, 11) is 1.47. The summed E-state index contributed by atoms with van der Waals surface area (Å²) in [6.07, 6.45) is 115. The van der Waals surface area contributed by atoms with Crippen LogP contribution in [0.1, 0.15) is 335 Å². The quantitative estimate of drug-likeness (QED) is 0.0211. The average molecular weight is 1380 g/mol. The fourth-order valence-electron chi connectivity index (χ4n) is 11.0. The minimum atomic E-state index is -4.40. The maximum atomic E-state index is 12.9. The van der Waals surface area contributed by atoms with Crippen molar-refractivity contribution < 1.29 is 42.1 Å². The van der Waals surface area contributed by atoms with Gasteiger partial charge in [-0.25, -0.2) is 4.57 Å². The van der Waals surface area contributed by atoms with Gasteiger partial charge in [-0.15, -0.1) is 0 Å². The van der Waals surface area contributed by atoms with Crippen LogP contribution in [0.15, 0.2) is 158 Å². The second-order valence-corrected chi connectivity index (χ2v) is 29.1. The molecule has 0 bridgehead atoms. The summed E-state index contributed by atoms with van der Waals surface area (Å²) in [5.74, 6) is -0.794. The zero-order valence-corrected chi connectivity index (χ0v) is 64.9. The Bertz CT molecular complexity index is 2220. The number of ether oxygens (including phenoxy) is 2. The molecule has 0 heterocycles. The van der Waals surface area contributed by atoms with Crippen molar-refractivity contribution in [2.45, 2.75) is 341 Å². The smallest absolute Gasteiger partial charge is 0.462 e. The van der Waals surface area contributed by atoms with Gasteiger partial charge in [0.05, 0.1) is 27.7 Å². The van der Waals surface area contributed by atoms with E-state index in [-0.39, 0.29) is 32.0 Å². The highest BCUT2D eigenvalue weighted by molar-refractivity contribution is 7.47. The fraction of sp³-hybridized carbons (Fsp3) is 0.682. The van der Waals surface area contributed by atoms with Crippen molar-refractivity contribution in [2.75, 3.05) is 47.5 Å². The van der Waals surface area contributed by atoms with E-state index >= 15 is 0 Å². The van der Waals surface area contributed by atoms with E-state index in [4.69, 9.17) is 18.5 Å². The van der Waals surface area contributed by atoms with Crippen LogP contribution in [0.25, 0.3) is 0 Å². The molecule has 0 aliphatic heterocycles. The third kappa shape index (κ3) is 80.6. The maximum Gasteiger partial charge on any atom is 0.472 e. The van der Waals surface area contributed by atoms with Crippen LogP contribution in [0.3, 0.4) is 0 Å². The summed E-state index contributed by atoms with van der Waals surface area (Å²) in [6, 6.07) is 0. The van der Waals surface area contributed by atoms with Crippen molar-refractivity contribution in [1.29, 1.82) is 0 Å². The molecule has 2 unspecified atom stereocenters. The van der Waals surface area contributed by atoms with Gasteiger partial charge in [-0.2, -0.15) is 0 Å². The number of quaternary nitrogens is 1. The molecule has 98 heavy (non-hydrogen) atoms. The zero-order valence-electron chi connectivity index (χ0n) is 64.0. The van der Waals surface area contributed by atoms with Crippen LogP contribution in [0, 0.1) is 0 Å². The van der Waals surface area contributed by atoms with Gasteiger partial charge in [0.25, 0.3) is 0 Å². The van der Waals surface area contributed by atoms with Gasteiger partial charge in [0.2, 0.25) is 0 Å². The van der Waals surface area contributed by atoms with Gasteiger partial charge in [0, 0.05) is 12.8 Å². The molecule has 0 aromatic heterocycles. The topological polar surface area (TPSA) is 108 Å². The number of hydrogen-bond acceptors (Lipinski definition) is 7. The van der Waals surface area contributed by atoms with Gasteiger partial charge >= 0.3 is 19.8 Å². The molecule has 0 fully saturated rings. The minimum Gasteiger partial charge on any atom is -0.462 e. The summed E-state index contributed by atoms with van der Waals surface area (Å²) in [5, 5.41) is 0. The van der Waals surface area contributed by atoms with Crippen LogP contribution in [0.5, 0.6) is 0 Å². The number of phosphoric ester groups is 1. The van der Waals surface area contributed by atoms with E-state index in [2.05, 4.69) is 172 Å². The molecule has 9 nitrogen and oxygen atoms in total. The van der Waals surface area contributed by atoms with Gasteiger partial charge in [-0.3, -0.25) is 18.6 Å². The molecule has 0 radical (unpaired) electrons. The number of carbonyl (C=O) groups is 2. The molecule has 0 aliphatic rings. The predicted octanol–water partition coefficient (Wildman–Crippen LogP) is 27.1. The van der Waals surface area contributed by atoms with E-state index in [9.17, 15) is 19.0 Å². The molecule has 0 spiro atoms.